The number of hydrogen-bond acceptors (Lipinski definition) is 4. The molecule has 20 heavy (non-hydrogen) atoms. The van der Waals surface area contributed by atoms with Crippen molar-refractivity contribution >= 4 is 6.21 Å². The van der Waals surface area contributed by atoms with Gasteiger partial charge in [-0.1, -0.05) is 23.4 Å². The molecule has 0 aromatic heterocycles. The molecule has 0 unspecified atom stereocenters. The van der Waals surface area contributed by atoms with Crippen molar-refractivity contribution in [1.82, 2.24) is 0 Å². The van der Waals surface area contributed by atoms with Crippen molar-refractivity contribution in [3.05, 3.63) is 65.2 Å². The van der Waals surface area contributed by atoms with Gasteiger partial charge in [-0.3, -0.25) is 0 Å². The molecule has 4 nitrogen and oxygen atoms in total. The van der Waals surface area contributed by atoms with Gasteiger partial charge in [0.1, 0.15) is 18.6 Å². The highest BCUT2D eigenvalue weighted by Gasteiger charge is 2.00. The molecule has 0 aliphatic rings. The highest BCUT2D eigenvalue weighted by molar-refractivity contribution is 5.79. The molecular formula is C16H13N2O2. The lowest BCUT2D eigenvalue weighted by Crippen LogP contribution is -1.92. The van der Waals surface area contributed by atoms with Gasteiger partial charge in [-0.25, -0.2) is 0 Å². The van der Waals surface area contributed by atoms with E-state index >= 15 is 0 Å². The number of rotatable bonds is 5. The van der Waals surface area contributed by atoms with E-state index in [9.17, 15) is 0 Å². The summed E-state index contributed by atoms with van der Waals surface area (Å²) in [6, 6.07) is 16.7. The quantitative estimate of drug-likeness (QED) is 0.617. The Labute approximate surface area is 117 Å². The summed E-state index contributed by atoms with van der Waals surface area (Å²) in [7, 11) is 1.61. The molecule has 0 spiro atoms. The zero-order valence-corrected chi connectivity index (χ0v) is 11.0. The lowest BCUT2D eigenvalue weighted by atomic mass is 10.1. The maximum Gasteiger partial charge on any atom is 0.143 e. The lowest BCUT2D eigenvalue weighted by molar-refractivity contribution is 0.132. The van der Waals surface area contributed by atoms with Crippen molar-refractivity contribution in [2.24, 2.45) is 5.16 Å². The predicted octanol–water partition coefficient (Wildman–Crippen LogP) is 2.99. The fourth-order valence-corrected chi connectivity index (χ4v) is 1.61. The highest BCUT2D eigenvalue weighted by atomic mass is 16.6. The summed E-state index contributed by atoms with van der Waals surface area (Å²) in [6.45, 7) is 0.243. The molecule has 0 aliphatic heterocycles. The number of ether oxygens (including phenoxy) is 1. The molecule has 4 heteroatoms. The van der Waals surface area contributed by atoms with Crippen LogP contribution in [-0.4, -0.2) is 13.3 Å². The molecular weight excluding hydrogens is 252 g/mol. The first-order valence-corrected chi connectivity index (χ1v) is 6.03. The van der Waals surface area contributed by atoms with Gasteiger partial charge in [0.15, 0.2) is 0 Å². The Kier molecular flexibility index (Phi) is 4.74. The molecule has 0 bridgehead atoms. The van der Waals surface area contributed by atoms with Crippen molar-refractivity contribution in [2.45, 2.75) is 6.61 Å². The van der Waals surface area contributed by atoms with Gasteiger partial charge in [0.05, 0.1) is 18.7 Å². The number of nitriles is 1. The third kappa shape index (κ3) is 3.59. The Morgan fingerprint density at radius 1 is 1.10 bits per heavy atom. The molecule has 0 aliphatic carbocycles. The molecule has 2 rings (SSSR count). The third-order valence-electron chi connectivity index (χ3n) is 2.69. The molecule has 99 valence electrons. The van der Waals surface area contributed by atoms with Gasteiger partial charge in [0.25, 0.3) is 0 Å². The first-order chi connectivity index (χ1) is 9.83. The average molecular weight is 265 g/mol. The van der Waals surface area contributed by atoms with E-state index in [2.05, 4.69) is 17.4 Å². The zero-order chi connectivity index (χ0) is 14.2. The van der Waals surface area contributed by atoms with Crippen LogP contribution in [0.5, 0.6) is 5.75 Å². The van der Waals surface area contributed by atoms with E-state index in [-0.39, 0.29) is 6.61 Å². The largest absolute Gasteiger partial charge is 0.497 e. The van der Waals surface area contributed by atoms with Gasteiger partial charge in [0.2, 0.25) is 0 Å². The van der Waals surface area contributed by atoms with Crippen LogP contribution in [0.25, 0.3) is 0 Å². The van der Waals surface area contributed by atoms with Crippen LogP contribution in [-0.2, 0) is 11.4 Å². The van der Waals surface area contributed by atoms with Crippen molar-refractivity contribution in [3.8, 4) is 11.8 Å². The van der Waals surface area contributed by atoms with Crippen LogP contribution < -0.4 is 4.74 Å². The van der Waals surface area contributed by atoms with Gasteiger partial charge in [-0.15, -0.1) is 0 Å². The van der Waals surface area contributed by atoms with Crippen LogP contribution >= 0.6 is 0 Å². The Morgan fingerprint density at radius 3 is 2.55 bits per heavy atom. The van der Waals surface area contributed by atoms with Gasteiger partial charge in [0, 0.05) is 11.1 Å². The first-order valence-electron chi connectivity index (χ1n) is 6.03. The smallest absolute Gasteiger partial charge is 0.143 e. The SMILES string of the molecule is COc1ccc(/[C]=N\OCc2ccccc2C#N)cc1. The van der Waals surface area contributed by atoms with E-state index in [1.807, 2.05) is 42.5 Å². The van der Waals surface area contributed by atoms with E-state index in [0.29, 0.717) is 5.56 Å². The second kappa shape index (κ2) is 6.95. The molecule has 0 amide bonds. The van der Waals surface area contributed by atoms with Crippen LogP contribution in [0, 0.1) is 11.3 Å². The van der Waals surface area contributed by atoms with Crippen molar-refractivity contribution in [3.63, 3.8) is 0 Å². The van der Waals surface area contributed by atoms with Gasteiger partial charge >= 0.3 is 0 Å². The lowest BCUT2D eigenvalue weighted by Gasteiger charge is -2.01. The van der Waals surface area contributed by atoms with Crippen LogP contribution in [0.4, 0.5) is 0 Å². The molecule has 0 saturated heterocycles. The topological polar surface area (TPSA) is 54.6 Å². The Bertz CT molecular complexity index is 628. The van der Waals surface area contributed by atoms with Crippen molar-refractivity contribution in [2.75, 3.05) is 7.11 Å². The molecule has 0 fully saturated rings. The average Bonchev–Trinajstić information content (AvgIpc) is 2.52. The number of hydrogen-bond donors (Lipinski definition) is 0. The summed E-state index contributed by atoms with van der Waals surface area (Å²) in [5.74, 6) is 0.777. The second-order valence-corrected chi connectivity index (χ2v) is 3.97. The summed E-state index contributed by atoms with van der Waals surface area (Å²) in [5, 5.41) is 12.7. The van der Waals surface area contributed by atoms with E-state index in [4.69, 9.17) is 14.8 Å². The van der Waals surface area contributed by atoms with Gasteiger partial charge in [-0.2, -0.15) is 5.26 Å². The minimum absolute atomic E-state index is 0.243. The Morgan fingerprint density at radius 2 is 1.85 bits per heavy atom. The number of benzene rings is 2. The van der Waals surface area contributed by atoms with Gasteiger partial charge in [-0.05, 0) is 30.3 Å². The summed E-state index contributed by atoms with van der Waals surface area (Å²) in [5.41, 5.74) is 2.18. The third-order valence-corrected chi connectivity index (χ3v) is 2.69. The summed E-state index contributed by atoms with van der Waals surface area (Å²) in [4.78, 5) is 5.15. The first kappa shape index (κ1) is 13.6. The highest BCUT2D eigenvalue weighted by Crippen LogP contribution is 2.11. The molecule has 0 atom stereocenters. The number of methoxy groups -OCH3 is 1. The zero-order valence-electron chi connectivity index (χ0n) is 11.0. The Balaban J connectivity index is 1.92. The molecule has 2 aromatic carbocycles. The predicted molar refractivity (Wildman–Crippen MR) is 75.5 cm³/mol. The van der Waals surface area contributed by atoms with E-state index < -0.39 is 0 Å². The minimum Gasteiger partial charge on any atom is -0.497 e. The van der Waals surface area contributed by atoms with Gasteiger partial charge < -0.3 is 9.57 Å². The van der Waals surface area contributed by atoms with Crippen LogP contribution in [0.2, 0.25) is 0 Å². The standard InChI is InChI=1S/C16H13N2O2/c1-19-16-8-6-13(7-9-16)11-18-20-12-15-5-3-2-4-14(15)10-17/h2-9H,12H2,1H3. The molecule has 0 heterocycles. The fraction of sp³-hybridized carbons (Fsp3) is 0.125. The maximum atomic E-state index is 8.94. The summed E-state index contributed by atoms with van der Waals surface area (Å²) < 4.78 is 5.06. The van der Waals surface area contributed by atoms with Crippen LogP contribution in [0.3, 0.4) is 0 Å². The fourth-order valence-electron chi connectivity index (χ4n) is 1.61. The molecule has 0 saturated carbocycles. The van der Waals surface area contributed by atoms with Crippen molar-refractivity contribution < 1.29 is 9.57 Å². The molecule has 1 radical (unpaired) electrons. The van der Waals surface area contributed by atoms with E-state index in [1.54, 1.807) is 13.2 Å². The molecule has 0 N–H and O–H groups in total. The summed E-state index contributed by atoms with van der Waals surface area (Å²) >= 11 is 0. The maximum absolute atomic E-state index is 8.94. The normalized spacial score (nSPS) is 10.2. The second-order valence-electron chi connectivity index (χ2n) is 3.97. The van der Waals surface area contributed by atoms with Crippen molar-refractivity contribution in [1.29, 1.82) is 5.26 Å². The van der Waals surface area contributed by atoms with E-state index in [0.717, 1.165) is 16.9 Å². The Hall–Kier alpha value is -2.80. The molecule has 2 aromatic rings. The monoisotopic (exact) mass is 265 g/mol. The summed E-state index contributed by atoms with van der Waals surface area (Å²) in [6.07, 6.45) is 2.77. The van der Waals surface area contributed by atoms with Crippen LogP contribution in [0.15, 0.2) is 53.7 Å². The van der Waals surface area contributed by atoms with Crippen LogP contribution in [0.1, 0.15) is 16.7 Å². The number of nitrogens with zero attached hydrogens (tertiary/aromatic N) is 2. The minimum atomic E-state index is 0.243. The van der Waals surface area contributed by atoms with E-state index in [1.165, 1.54) is 0 Å².